The number of hydrogen-bond acceptors (Lipinski definition) is 5. The number of amides is 2. The van der Waals surface area contributed by atoms with E-state index in [1.54, 1.807) is 0 Å². The zero-order chi connectivity index (χ0) is 21.3. The zero-order valence-electron chi connectivity index (χ0n) is 18.3. The van der Waals surface area contributed by atoms with Gasteiger partial charge in [0.25, 0.3) is 0 Å². The molecule has 0 radical (unpaired) electrons. The van der Waals surface area contributed by atoms with E-state index in [1.165, 1.54) is 0 Å². The van der Waals surface area contributed by atoms with Crippen molar-refractivity contribution in [3.8, 4) is 5.75 Å². The standard InChI is InChI=1S/C23H34N4O3/c1-4-26-21-13-17(7-10-19(21)27-20(23(26)29)11-12-25-27)22(28)24-14-16-5-8-18(9-6-16)30-15(2)3/h5-6,8-9,15,17,19-21,25H,4,7,10-14H2,1-3H3,(H,24,28). The van der Waals surface area contributed by atoms with Gasteiger partial charge in [0.05, 0.1) is 6.10 Å². The summed E-state index contributed by atoms with van der Waals surface area (Å²) in [4.78, 5) is 27.8. The Kier molecular flexibility index (Phi) is 6.29. The van der Waals surface area contributed by atoms with Gasteiger partial charge < -0.3 is 15.0 Å². The Morgan fingerprint density at radius 1 is 1.20 bits per heavy atom. The van der Waals surface area contributed by atoms with Crippen molar-refractivity contribution in [1.29, 1.82) is 0 Å². The largest absolute Gasteiger partial charge is 0.491 e. The highest BCUT2D eigenvalue weighted by atomic mass is 16.5. The molecule has 7 heteroatoms. The third-order valence-electron chi connectivity index (χ3n) is 6.63. The molecule has 2 aliphatic heterocycles. The van der Waals surface area contributed by atoms with Crippen molar-refractivity contribution in [1.82, 2.24) is 20.7 Å². The first-order chi connectivity index (χ1) is 14.5. The van der Waals surface area contributed by atoms with Crippen molar-refractivity contribution in [3.63, 3.8) is 0 Å². The number of nitrogens with one attached hydrogen (secondary N) is 2. The number of fused-ring (bicyclic) bond motifs is 3. The van der Waals surface area contributed by atoms with E-state index in [2.05, 4.69) is 15.8 Å². The van der Waals surface area contributed by atoms with Crippen molar-refractivity contribution in [2.45, 2.75) is 77.2 Å². The topological polar surface area (TPSA) is 73.9 Å². The number of piperazine rings is 1. The van der Waals surface area contributed by atoms with Gasteiger partial charge >= 0.3 is 0 Å². The van der Waals surface area contributed by atoms with Gasteiger partial charge in [-0.1, -0.05) is 12.1 Å². The van der Waals surface area contributed by atoms with Crippen LogP contribution >= 0.6 is 0 Å². The minimum atomic E-state index is -0.0456. The van der Waals surface area contributed by atoms with Gasteiger partial charge in [-0.2, -0.15) is 0 Å². The van der Waals surface area contributed by atoms with E-state index in [9.17, 15) is 9.59 Å². The van der Waals surface area contributed by atoms with Crippen LogP contribution in [-0.4, -0.2) is 59.0 Å². The summed E-state index contributed by atoms with van der Waals surface area (Å²) in [5.74, 6) is 1.11. The van der Waals surface area contributed by atoms with Crippen molar-refractivity contribution >= 4 is 11.8 Å². The molecule has 2 N–H and O–H groups in total. The number of ether oxygens (including phenoxy) is 1. The quantitative estimate of drug-likeness (QED) is 0.746. The Balaban J connectivity index is 1.35. The Morgan fingerprint density at radius 2 is 1.97 bits per heavy atom. The Morgan fingerprint density at radius 3 is 2.67 bits per heavy atom. The highest BCUT2D eigenvalue weighted by Gasteiger charge is 2.50. The van der Waals surface area contributed by atoms with Crippen molar-refractivity contribution < 1.29 is 14.3 Å². The van der Waals surface area contributed by atoms with Gasteiger partial charge in [0.15, 0.2) is 0 Å². The van der Waals surface area contributed by atoms with E-state index in [0.29, 0.717) is 19.1 Å². The molecule has 4 rings (SSSR count). The molecule has 4 atom stereocenters. The highest BCUT2D eigenvalue weighted by molar-refractivity contribution is 5.84. The van der Waals surface area contributed by atoms with Crippen LogP contribution in [0.25, 0.3) is 0 Å². The third kappa shape index (κ3) is 4.18. The van der Waals surface area contributed by atoms with E-state index < -0.39 is 0 Å². The second-order valence-electron chi connectivity index (χ2n) is 8.92. The number of carbonyl (C=O) groups excluding carboxylic acids is 2. The number of rotatable bonds is 6. The molecule has 1 aliphatic carbocycles. The average molecular weight is 415 g/mol. The molecule has 0 bridgehead atoms. The average Bonchev–Trinajstić information content (AvgIpc) is 3.23. The molecule has 2 amide bonds. The molecule has 0 aromatic heterocycles. The second kappa shape index (κ2) is 8.94. The molecule has 4 unspecified atom stereocenters. The van der Waals surface area contributed by atoms with Gasteiger partial charge in [-0.3, -0.25) is 15.0 Å². The van der Waals surface area contributed by atoms with E-state index in [-0.39, 0.29) is 35.9 Å². The summed E-state index contributed by atoms with van der Waals surface area (Å²) in [6.07, 6.45) is 3.57. The molecule has 2 heterocycles. The fourth-order valence-electron chi connectivity index (χ4n) is 5.24. The van der Waals surface area contributed by atoms with Gasteiger partial charge in [0, 0.05) is 37.6 Å². The van der Waals surface area contributed by atoms with Crippen LogP contribution in [0.15, 0.2) is 24.3 Å². The van der Waals surface area contributed by atoms with Gasteiger partial charge in [-0.05, 0) is 64.2 Å². The fourth-order valence-corrected chi connectivity index (χ4v) is 5.24. The van der Waals surface area contributed by atoms with E-state index in [0.717, 1.165) is 43.5 Å². The predicted molar refractivity (Wildman–Crippen MR) is 115 cm³/mol. The smallest absolute Gasteiger partial charge is 0.241 e. The van der Waals surface area contributed by atoms with Crippen molar-refractivity contribution in [2.24, 2.45) is 5.92 Å². The Bertz CT molecular complexity index is 766. The van der Waals surface area contributed by atoms with Crippen LogP contribution in [0.1, 0.15) is 52.0 Å². The molecular formula is C23H34N4O3. The summed E-state index contributed by atoms with van der Waals surface area (Å²) in [5.41, 5.74) is 4.47. The van der Waals surface area contributed by atoms with Gasteiger partial charge in [-0.15, -0.1) is 0 Å². The Labute approximate surface area is 179 Å². The maximum Gasteiger partial charge on any atom is 0.241 e. The minimum Gasteiger partial charge on any atom is -0.491 e. The number of benzene rings is 1. The SMILES string of the molecule is CCN1C(=O)C2CCNN2C2CCC(C(=O)NCc3ccc(OC(C)C)cc3)CC21. The summed E-state index contributed by atoms with van der Waals surface area (Å²) in [7, 11) is 0. The first-order valence-electron chi connectivity index (χ1n) is 11.3. The molecule has 7 nitrogen and oxygen atoms in total. The van der Waals surface area contributed by atoms with E-state index in [4.69, 9.17) is 4.74 Å². The molecule has 1 saturated carbocycles. The van der Waals surface area contributed by atoms with E-state index in [1.807, 2.05) is 49.9 Å². The lowest BCUT2D eigenvalue weighted by Gasteiger charge is -2.51. The summed E-state index contributed by atoms with van der Waals surface area (Å²) in [6, 6.07) is 8.27. The summed E-state index contributed by atoms with van der Waals surface area (Å²) in [5, 5.41) is 5.29. The molecular weight excluding hydrogens is 380 g/mol. The van der Waals surface area contributed by atoms with Crippen LogP contribution in [0.5, 0.6) is 5.75 Å². The normalized spacial score (nSPS) is 28.9. The van der Waals surface area contributed by atoms with Crippen LogP contribution in [-0.2, 0) is 16.1 Å². The lowest BCUT2D eigenvalue weighted by molar-refractivity contribution is -0.155. The lowest BCUT2D eigenvalue weighted by atomic mass is 9.78. The first-order valence-corrected chi connectivity index (χ1v) is 11.3. The fraction of sp³-hybridized carbons (Fsp3) is 0.652. The maximum absolute atomic E-state index is 12.9. The second-order valence-corrected chi connectivity index (χ2v) is 8.92. The summed E-state index contributed by atoms with van der Waals surface area (Å²) < 4.78 is 5.67. The molecule has 2 saturated heterocycles. The molecule has 1 aromatic carbocycles. The molecule has 164 valence electrons. The highest BCUT2D eigenvalue weighted by Crippen LogP contribution is 2.37. The summed E-state index contributed by atoms with van der Waals surface area (Å²) >= 11 is 0. The number of carbonyl (C=O) groups is 2. The predicted octanol–water partition coefficient (Wildman–Crippen LogP) is 2.07. The van der Waals surface area contributed by atoms with Crippen molar-refractivity contribution in [3.05, 3.63) is 29.8 Å². The minimum absolute atomic E-state index is 0.0285. The number of hydrazine groups is 1. The Hall–Kier alpha value is -2.12. The van der Waals surface area contributed by atoms with Crippen LogP contribution < -0.4 is 15.5 Å². The molecule has 0 spiro atoms. The van der Waals surface area contributed by atoms with E-state index >= 15 is 0 Å². The van der Waals surface area contributed by atoms with Crippen LogP contribution in [0.3, 0.4) is 0 Å². The van der Waals surface area contributed by atoms with Crippen LogP contribution in [0.4, 0.5) is 0 Å². The van der Waals surface area contributed by atoms with Gasteiger partial charge in [0.1, 0.15) is 11.8 Å². The first kappa shape index (κ1) is 21.1. The van der Waals surface area contributed by atoms with Gasteiger partial charge in [0.2, 0.25) is 11.8 Å². The van der Waals surface area contributed by atoms with Gasteiger partial charge in [-0.25, -0.2) is 5.01 Å². The summed E-state index contributed by atoms with van der Waals surface area (Å²) in [6.45, 7) is 8.14. The molecule has 3 fully saturated rings. The zero-order valence-corrected chi connectivity index (χ0v) is 18.3. The monoisotopic (exact) mass is 414 g/mol. The van der Waals surface area contributed by atoms with Crippen molar-refractivity contribution in [2.75, 3.05) is 13.1 Å². The number of hydrogen-bond donors (Lipinski definition) is 2. The number of likely N-dealkylation sites (N-methyl/N-ethyl adjacent to an activating group) is 1. The maximum atomic E-state index is 12.9. The van der Waals surface area contributed by atoms with Crippen LogP contribution in [0.2, 0.25) is 0 Å². The number of nitrogens with zero attached hydrogens (tertiary/aromatic N) is 2. The third-order valence-corrected chi connectivity index (χ3v) is 6.63. The lowest BCUT2D eigenvalue weighted by Crippen LogP contribution is -2.68. The molecule has 1 aromatic rings. The molecule has 30 heavy (non-hydrogen) atoms. The van der Waals surface area contributed by atoms with Crippen LogP contribution in [0, 0.1) is 5.92 Å². The molecule has 3 aliphatic rings.